The fraction of sp³-hybridized carbons (Fsp3) is 0.438. The number of imidazole rings is 1. The summed E-state index contributed by atoms with van der Waals surface area (Å²) in [6.07, 6.45) is 3.35. The van der Waals surface area contributed by atoms with E-state index in [9.17, 15) is 12.8 Å². The summed E-state index contributed by atoms with van der Waals surface area (Å²) in [6.45, 7) is 2.59. The Hall–Kier alpha value is -1.97. The summed E-state index contributed by atoms with van der Waals surface area (Å²) in [5.74, 6) is 0.0867. The van der Waals surface area contributed by atoms with Gasteiger partial charge in [-0.25, -0.2) is 17.8 Å². The van der Waals surface area contributed by atoms with E-state index in [0.29, 0.717) is 18.9 Å². The van der Waals surface area contributed by atoms with Crippen molar-refractivity contribution in [2.45, 2.75) is 17.9 Å². The second-order valence-corrected chi connectivity index (χ2v) is 7.95. The molecular formula is C16H21FN4O3S. The number of piperazine rings is 1. The predicted molar refractivity (Wildman–Crippen MR) is 90.4 cm³/mol. The maximum absolute atomic E-state index is 14.3. The van der Waals surface area contributed by atoms with Crippen molar-refractivity contribution in [1.29, 1.82) is 0 Å². The summed E-state index contributed by atoms with van der Waals surface area (Å²) in [5.41, 5.74) is 0.0628. The summed E-state index contributed by atoms with van der Waals surface area (Å²) < 4.78 is 46.7. The first-order chi connectivity index (χ1) is 11.9. The smallest absolute Gasteiger partial charge is 0.243 e. The maximum Gasteiger partial charge on any atom is 0.243 e. The van der Waals surface area contributed by atoms with Gasteiger partial charge in [-0.3, -0.25) is 4.90 Å². The van der Waals surface area contributed by atoms with Gasteiger partial charge in [0.05, 0.1) is 18.0 Å². The van der Waals surface area contributed by atoms with E-state index in [1.165, 1.54) is 30.5 Å². The Morgan fingerprint density at radius 1 is 1.36 bits per heavy atom. The van der Waals surface area contributed by atoms with Crippen molar-refractivity contribution in [2.75, 3.05) is 33.8 Å². The first-order valence-corrected chi connectivity index (χ1v) is 9.33. The highest BCUT2D eigenvalue weighted by atomic mass is 32.2. The van der Waals surface area contributed by atoms with Gasteiger partial charge in [-0.2, -0.15) is 4.31 Å². The van der Waals surface area contributed by atoms with Crippen molar-refractivity contribution in [3.63, 3.8) is 0 Å². The third kappa shape index (κ3) is 3.14. The van der Waals surface area contributed by atoms with Crippen LogP contribution in [-0.2, 0) is 10.0 Å². The summed E-state index contributed by atoms with van der Waals surface area (Å²) in [6, 6.07) is 2.56. The first kappa shape index (κ1) is 17.8. The zero-order valence-corrected chi connectivity index (χ0v) is 15.2. The largest absolute Gasteiger partial charge is 0.494 e. The summed E-state index contributed by atoms with van der Waals surface area (Å²) >= 11 is 0. The molecular weight excluding hydrogens is 347 g/mol. The number of nitrogens with zero attached hydrogens (tertiary/aromatic N) is 3. The lowest BCUT2D eigenvalue weighted by Gasteiger charge is -2.37. The minimum Gasteiger partial charge on any atom is -0.494 e. The highest BCUT2D eigenvalue weighted by Gasteiger charge is 2.35. The molecule has 1 saturated heterocycles. The number of likely N-dealkylation sites (N-methyl/N-ethyl adjacent to an activating group) is 1. The molecule has 9 heteroatoms. The van der Waals surface area contributed by atoms with Gasteiger partial charge in [0, 0.05) is 37.6 Å². The van der Waals surface area contributed by atoms with E-state index in [4.69, 9.17) is 4.74 Å². The third-order valence-corrected chi connectivity index (χ3v) is 6.59. The van der Waals surface area contributed by atoms with Crippen LogP contribution in [0, 0.1) is 12.7 Å². The summed E-state index contributed by atoms with van der Waals surface area (Å²) in [5, 5.41) is 0. The number of nitrogens with one attached hydrogen (secondary N) is 1. The number of aromatic nitrogens is 2. The number of aromatic amines is 1. The van der Waals surface area contributed by atoms with E-state index < -0.39 is 15.8 Å². The van der Waals surface area contributed by atoms with Gasteiger partial charge in [0.15, 0.2) is 11.6 Å². The Morgan fingerprint density at radius 3 is 2.76 bits per heavy atom. The standard InChI is InChI=1S/C16H21FN4O3S/c1-11-14(5-4-13(24-3)15(11)17)25(22,23)21-9-8-20(2)12(10-21)16-18-6-7-19-16/h4-7,12H,8-10H2,1-3H3,(H,18,19). The number of methoxy groups -OCH3 is 1. The van der Waals surface area contributed by atoms with Gasteiger partial charge < -0.3 is 9.72 Å². The Balaban J connectivity index is 1.94. The third-order valence-electron chi connectivity index (χ3n) is 4.58. The lowest BCUT2D eigenvalue weighted by molar-refractivity contribution is 0.142. The molecule has 1 unspecified atom stereocenters. The molecule has 25 heavy (non-hydrogen) atoms. The monoisotopic (exact) mass is 368 g/mol. The maximum atomic E-state index is 14.3. The first-order valence-electron chi connectivity index (χ1n) is 7.89. The topological polar surface area (TPSA) is 78.5 Å². The Kier molecular flexibility index (Phi) is 4.81. The number of sulfonamides is 1. The van der Waals surface area contributed by atoms with Crippen LogP contribution in [0.3, 0.4) is 0 Å². The average molecular weight is 368 g/mol. The fourth-order valence-corrected chi connectivity index (χ4v) is 4.69. The van der Waals surface area contributed by atoms with E-state index in [1.54, 1.807) is 12.4 Å². The Morgan fingerprint density at radius 2 is 2.12 bits per heavy atom. The molecule has 1 atom stereocenters. The van der Waals surface area contributed by atoms with Gasteiger partial charge in [-0.05, 0) is 26.1 Å². The Bertz CT molecular complexity index is 855. The number of H-pyrrole nitrogens is 1. The number of ether oxygens (including phenoxy) is 1. The summed E-state index contributed by atoms with van der Waals surface area (Å²) in [4.78, 5) is 9.29. The second-order valence-electron chi connectivity index (χ2n) is 6.04. The van der Waals surface area contributed by atoms with Gasteiger partial charge in [0.2, 0.25) is 10.0 Å². The van der Waals surface area contributed by atoms with Crippen molar-refractivity contribution in [3.8, 4) is 5.75 Å². The molecule has 2 heterocycles. The molecule has 0 amide bonds. The molecule has 1 N–H and O–H groups in total. The summed E-state index contributed by atoms with van der Waals surface area (Å²) in [7, 11) is -0.544. The molecule has 2 aromatic rings. The van der Waals surface area contributed by atoms with Gasteiger partial charge in [-0.1, -0.05) is 0 Å². The van der Waals surface area contributed by atoms with Crippen molar-refractivity contribution in [3.05, 3.63) is 41.7 Å². The van der Waals surface area contributed by atoms with Crippen LogP contribution >= 0.6 is 0 Å². The normalized spacial score (nSPS) is 19.9. The zero-order valence-electron chi connectivity index (χ0n) is 14.4. The van der Waals surface area contributed by atoms with E-state index in [1.807, 2.05) is 11.9 Å². The molecule has 0 saturated carbocycles. The number of halogens is 1. The lowest BCUT2D eigenvalue weighted by atomic mass is 10.2. The van der Waals surface area contributed by atoms with E-state index in [0.717, 1.165) is 0 Å². The molecule has 0 radical (unpaired) electrons. The zero-order chi connectivity index (χ0) is 18.2. The van der Waals surface area contributed by atoms with Gasteiger partial charge in [-0.15, -0.1) is 0 Å². The number of hydrogen-bond donors (Lipinski definition) is 1. The molecule has 1 aliphatic rings. The highest BCUT2D eigenvalue weighted by Crippen LogP contribution is 2.31. The van der Waals surface area contributed by atoms with Crippen molar-refractivity contribution in [2.24, 2.45) is 0 Å². The lowest BCUT2D eigenvalue weighted by Crippen LogP contribution is -2.49. The predicted octanol–water partition coefficient (Wildman–Crippen LogP) is 1.54. The van der Waals surface area contributed by atoms with Crippen molar-refractivity contribution < 1.29 is 17.5 Å². The Labute approximate surface area is 146 Å². The number of hydrogen-bond acceptors (Lipinski definition) is 5. The molecule has 3 rings (SSSR count). The SMILES string of the molecule is COc1ccc(S(=O)(=O)N2CCN(C)C(c3ncc[nH]3)C2)c(C)c1F. The van der Waals surface area contributed by atoms with E-state index >= 15 is 0 Å². The van der Waals surface area contributed by atoms with Gasteiger partial charge in [0.25, 0.3) is 0 Å². The molecule has 0 spiro atoms. The molecule has 0 aliphatic carbocycles. The van der Waals surface area contributed by atoms with Crippen LogP contribution in [0.1, 0.15) is 17.4 Å². The van der Waals surface area contributed by atoms with Crippen molar-refractivity contribution >= 4 is 10.0 Å². The number of rotatable bonds is 4. The molecule has 7 nitrogen and oxygen atoms in total. The fourth-order valence-electron chi connectivity index (χ4n) is 3.04. The van der Waals surface area contributed by atoms with Crippen LogP contribution in [0.4, 0.5) is 4.39 Å². The molecule has 1 aliphatic heterocycles. The average Bonchev–Trinajstić information content (AvgIpc) is 3.11. The molecule has 136 valence electrons. The van der Waals surface area contributed by atoms with Crippen LogP contribution < -0.4 is 4.74 Å². The van der Waals surface area contributed by atoms with E-state index in [-0.39, 0.29) is 28.8 Å². The van der Waals surface area contributed by atoms with Crippen molar-refractivity contribution in [1.82, 2.24) is 19.2 Å². The minimum absolute atomic E-state index is 0.0308. The minimum atomic E-state index is -3.82. The molecule has 1 fully saturated rings. The van der Waals surface area contributed by atoms with E-state index in [2.05, 4.69) is 9.97 Å². The molecule has 1 aromatic heterocycles. The van der Waals surface area contributed by atoms with Crippen LogP contribution in [0.2, 0.25) is 0 Å². The van der Waals surface area contributed by atoms with Gasteiger partial charge in [0.1, 0.15) is 5.82 Å². The quantitative estimate of drug-likeness (QED) is 0.886. The van der Waals surface area contributed by atoms with Crippen LogP contribution in [0.25, 0.3) is 0 Å². The highest BCUT2D eigenvalue weighted by molar-refractivity contribution is 7.89. The second kappa shape index (κ2) is 6.74. The van der Waals surface area contributed by atoms with Crippen LogP contribution in [0.15, 0.2) is 29.4 Å². The number of benzene rings is 1. The molecule has 1 aromatic carbocycles. The van der Waals surface area contributed by atoms with Crippen LogP contribution in [-0.4, -0.2) is 61.4 Å². The van der Waals surface area contributed by atoms with Gasteiger partial charge >= 0.3 is 0 Å². The molecule has 0 bridgehead atoms. The van der Waals surface area contributed by atoms with Crippen LogP contribution in [0.5, 0.6) is 5.75 Å².